The van der Waals surface area contributed by atoms with Crippen molar-refractivity contribution in [1.82, 2.24) is 4.98 Å². The minimum atomic E-state index is -3.26. The molecule has 0 fully saturated rings. The van der Waals surface area contributed by atoms with Gasteiger partial charge in [0.15, 0.2) is 5.69 Å². The van der Waals surface area contributed by atoms with Crippen LogP contribution in [0.2, 0.25) is 0 Å². The van der Waals surface area contributed by atoms with Gasteiger partial charge in [-0.2, -0.15) is 0 Å². The Bertz CT molecular complexity index is 493. The SMILES string of the molecule is CCOC(=O)c1ncc(N)c([N+](=O)[O-])c1C(F)F. The number of halogens is 2. The molecular formula is C9H9F2N3O4. The normalized spacial score (nSPS) is 10.4. The highest BCUT2D eigenvalue weighted by atomic mass is 19.3. The fourth-order valence-corrected chi connectivity index (χ4v) is 1.31. The average molecular weight is 261 g/mol. The van der Waals surface area contributed by atoms with Gasteiger partial charge in [0.2, 0.25) is 0 Å². The summed E-state index contributed by atoms with van der Waals surface area (Å²) < 4.78 is 30.1. The number of carbonyl (C=O) groups excluding carboxylic acids is 1. The number of nitrogens with two attached hydrogens (primary N) is 1. The molecular weight excluding hydrogens is 252 g/mol. The predicted octanol–water partition coefficient (Wildman–Crippen LogP) is 1.69. The molecule has 0 saturated heterocycles. The van der Waals surface area contributed by atoms with E-state index in [0.717, 1.165) is 6.20 Å². The Kier molecular flexibility index (Phi) is 4.08. The number of nitrogen functional groups attached to an aromatic ring is 1. The summed E-state index contributed by atoms with van der Waals surface area (Å²) >= 11 is 0. The van der Waals surface area contributed by atoms with E-state index in [-0.39, 0.29) is 6.61 Å². The van der Waals surface area contributed by atoms with Crippen LogP contribution >= 0.6 is 0 Å². The summed E-state index contributed by atoms with van der Waals surface area (Å²) in [7, 11) is 0. The molecule has 0 aromatic carbocycles. The van der Waals surface area contributed by atoms with Crippen LogP contribution in [-0.4, -0.2) is 22.5 Å². The Morgan fingerprint density at radius 2 is 2.28 bits per heavy atom. The topological polar surface area (TPSA) is 108 Å². The second-order valence-corrected chi connectivity index (χ2v) is 3.10. The second-order valence-electron chi connectivity index (χ2n) is 3.10. The lowest BCUT2D eigenvalue weighted by Gasteiger charge is -2.09. The quantitative estimate of drug-likeness (QED) is 0.501. The van der Waals surface area contributed by atoms with Gasteiger partial charge in [-0.15, -0.1) is 0 Å². The predicted molar refractivity (Wildman–Crippen MR) is 56.2 cm³/mol. The van der Waals surface area contributed by atoms with Gasteiger partial charge >= 0.3 is 11.7 Å². The number of carbonyl (C=O) groups is 1. The number of alkyl halides is 2. The van der Waals surface area contributed by atoms with E-state index < -0.39 is 40.0 Å². The lowest BCUT2D eigenvalue weighted by Crippen LogP contribution is -2.14. The van der Waals surface area contributed by atoms with Gasteiger partial charge in [0.1, 0.15) is 11.3 Å². The van der Waals surface area contributed by atoms with E-state index in [1.807, 2.05) is 0 Å². The van der Waals surface area contributed by atoms with Crippen LogP contribution in [0.3, 0.4) is 0 Å². The molecule has 1 aromatic heterocycles. The van der Waals surface area contributed by atoms with Crippen molar-refractivity contribution in [3.63, 3.8) is 0 Å². The molecule has 98 valence electrons. The smallest absolute Gasteiger partial charge is 0.357 e. The van der Waals surface area contributed by atoms with Crippen molar-refractivity contribution in [3.05, 3.63) is 27.6 Å². The maximum absolute atomic E-state index is 12.8. The first-order valence-corrected chi connectivity index (χ1v) is 4.78. The molecule has 0 unspecified atom stereocenters. The average Bonchev–Trinajstić information content (AvgIpc) is 2.27. The second kappa shape index (κ2) is 5.34. The van der Waals surface area contributed by atoms with Crippen molar-refractivity contribution >= 4 is 17.3 Å². The summed E-state index contributed by atoms with van der Waals surface area (Å²) in [5.41, 5.74) is 1.73. The monoisotopic (exact) mass is 261 g/mol. The zero-order valence-corrected chi connectivity index (χ0v) is 9.22. The number of esters is 1. The molecule has 0 aliphatic heterocycles. The molecule has 0 bridgehead atoms. The zero-order valence-electron chi connectivity index (χ0n) is 9.22. The van der Waals surface area contributed by atoms with Gasteiger partial charge in [-0.1, -0.05) is 0 Å². The van der Waals surface area contributed by atoms with Crippen molar-refractivity contribution in [1.29, 1.82) is 0 Å². The van der Waals surface area contributed by atoms with Crippen molar-refractivity contribution < 1.29 is 23.2 Å². The molecule has 9 heteroatoms. The van der Waals surface area contributed by atoms with Gasteiger partial charge in [0.25, 0.3) is 6.43 Å². The first kappa shape index (κ1) is 13.7. The highest BCUT2D eigenvalue weighted by Gasteiger charge is 2.32. The third kappa shape index (κ3) is 2.50. The van der Waals surface area contributed by atoms with Gasteiger partial charge in [0.05, 0.1) is 17.7 Å². The van der Waals surface area contributed by atoms with E-state index in [1.165, 1.54) is 6.92 Å². The molecule has 1 rings (SSSR count). The Labute approximate surface area is 99.7 Å². The van der Waals surface area contributed by atoms with Gasteiger partial charge < -0.3 is 10.5 Å². The number of hydrogen-bond donors (Lipinski definition) is 1. The molecule has 0 aliphatic carbocycles. The largest absolute Gasteiger partial charge is 0.461 e. The minimum Gasteiger partial charge on any atom is -0.461 e. The number of anilines is 1. The molecule has 1 aromatic rings. The summed E-state index contributed by atoms with van der Waals surface area (Å²) in [5.74, 6) is -1.16. The molecule has 0 saturated carbocycles. The van der Waals surface area contributed by atoms with E-state index in [4.69, 9.17) is 5.73 Å². The Balaban J connectivity index is 3.49. The van der Waals surface area contributed by atoms with Crippen molar-refractivity contribution in [3.8, 4) is 0 Å². The van der Waals surface area contributed by atoms with Crippen LogP contribution in [-0.2, 0) is 4.74 Å². The van der Waals surface area contributed by atoms with Crippen LogP contribution in [0.25, 0.3) is 0 Å². The number of pyridine rings is 1. The fraction of sp³-hybridized carbons (Fsp3) is 0.333. The first-order chi connectivity index (χ1) is 8.40. The van der Waals surface area contributed by atoms with E-state index in [1.54, 1.807) is 0 Å². The first-order valence-electron chi connectivity index (χ1n) is 4.78. The van der Waals surface area contributed by atoms with Gasteiger partial charge in [-0.3, -0.25) is 10.1 Å². The van der Waals surface area contributed by atoms with Gasteiger partial charge in [-0.05, 0) is 6.92 Å². The lowest BCUT2D eigenvalue weighted by atomic mass is 10.1. The third-order valence-corrected chi connectivity index (χ3v) is 1.99. The number of nitrogens with zero attached hydrogens (tertiary/aromatic N) is 2. The summed E-state index contributed by atoms with van der Waals surface area (Å²) in [5, 5.41) is 10.7. The number of rotatable bonds is 4. The van der Waals surface area contributed by atoms with Crippen molar-refractivity contribution in [2.75, 3.05) is 12.3 Å². The van der Waals surface area contributed by atoms with Crippen LogP contribution in [0.1, 0.15) is 29.4 Å². The van der Waals surface area contributed by atoms with E-state index in [2.05, 4.69) is 9.72 Å². The molecule has 0 spiro atoms. The Hall–Kier alpha value is -2.32. The zero-order chi connectivity index (χ0) is 13.9. The maximum Gasteiger partial charge on any atom is 0.357 e. The Morgan fingerprint density at radius 3 is 2.72 bits per heavy atom. The molecule has 0 aliphatic rings. The fourth-order valence-electron chi connectivity index (χ4n) is 1.31. The number of ether oxygens (including phenoxy) is 1. The lowest BCUT2D eigenvalue weighted by molar-refractivity contribution is -0.385. The summed E-state index contributed by atoms with van der Waals surface area (Å²) in [4.78, 5) is 24.4. The van der Waals surface area contributed by atoms with Crippen LogP contribution in [0.4, 0.5) is 20.2 Å². The maximum atomic E-state index is 12.8. The highest BCUT2D eigenvalue weighted by molar-refractivity contribution is 5.91. The Morgan fingerprint density at radius 1 is 1.67 bits per heavy atom. The van der Waals surface area contributed by atoms with Crippen LogP contribution in [0.5, 0.6) is 0 Å². The molecule has 2 N–H and O–H groups in total. The number of nitro groups is 1. The van der Waals surface area contributed by atoms with Crippen LogP contribution in [0.15, 0.2) is 6.20 Å². The summed E-state index contributed by atoms with van der Waals surface area (Å²) in [6.45, 7) is 1.40. The number of hydrogen-bond acceptors (Lipinski definition) is 6. The van der Waals surface area contributed by atoms with E-state index in [9.17, 15) is 23.7 Å². The van der Waals surface area contributed by atoms with E-state index in [0.29, 0.717) is 0 Å². The molecule has 18 heavy (non-hydrogen) atoms. The molecule has 1 heterocycles. The number of aromatic nitrogens is 1. The summed E-state index contributed by atoms with van der Waals surface area (Å²) in [6.07, 6.45) is -2.49. The van der Waals surface area contributed by atoms with Crippen molar-refractivity contribution in [2.24, 2.45) is 0 Å². The van der Waals surface area contributed by atoms with Crippen LogP contribution < -0.4 is 5.73 Å². The van der Waals surface area contributed by atoms with Gasteiger partial charge in [0, 0.05) is 0 Å². The van der Waals surface area contributed by atoms with Crippen LogP contribution in [0, 0.1) is 10.1 Å². The molecule has 0 radical (unpaired) electrons. The molecule has 0 atom stereocenters. The molecule has 0 amide bonds. The third-order valence-electron chi connectivity index (χ3n) is 1.99. The molecule has 7 nitrogen and oxygen atoms in total. The van der Waals surface area contributed by atoms with Crippen molar-refractivity contribution in [2.45, 2.75) is 13.3 Å². The standard InChI is InChI=1S/C9H9F2N3O4/c1-2-18-9(15)6-5(8(10)11)7(14(16)17)4(12)3-13-6/h3,8H,2,12H2,1H3. The minimum absolute atomic E-state index is 0.0681. The summed E-state index contributed by atoms with van der Waals surface area (Å²) in [6, 6.07) is 0. The highest BCUT2D eigenvalue weighted by Crippen LogP contribution is 2.35. The van der Waals surface area contributed by atoms with E-state index >= 15 is 0 Å². The van der Waals surface area contributed by atoms with Gasteiger partial charge in [-0.25, -0.2) is 18.6 Å².